The predicted molar refractivity (Wildman–Crippen MR) is 53.5 cm³/mol. The first-order chi connectivity index (χ1) is 6.18. The third-order valence-corrected chi connectivity index (χ3v) is 2.32. The van der Waals surface area contributed by atoms with Gasteiger partial charge >= 0.3 is 0 Å². The van der Waals surface area contributed by atoms with Gasteiger partial charge in [0.15, 0.2) is 0 Å². The van der Waals surface area contributed by atoms with E-state index in [0.717, 1.165) is 13.1 Å². The number of carbonyl (C=O) groups excluding carboxylic acids is 1. The van der Waals surface area contributed by atoms with Crippen LogP contribution in [0.2, 0.25) is 0 Å². The van der Waals surface area contributed by atoms with Crippen LogP contribution in [-0.4, -0.2) is 25.0 Å². The second-order valence-electron chi connectivity index (χ2n) is 4.14. The van der Waals surface area contributed by atoms with Crippen molar-refractivity contribution in [3.8, 4) is 0 Å². The van der Waals surface area contributed by atoms with E-state index in [2.05, 4.69) is 10.6 Å². The molecule has 1 fully saturated rings. The van der Waals surface area contributed by atoms with E-state index >= 15 is 0 Å². The molecule has 0 unspecified atom stereocenters. The van der Waals surface area contributed by atoms with Gasteiger partial charge in [0.2, 0.25) is 5.91 Å². The summed E-state index contributed by atoms with van der Waals surface area (Å²) in [6.45, 7) is 6.11. The van der Waals surface area contributed by atoms with E-state index in [4.69, 9.17) is 0 Å². The quantitative estimate of drug-likeness (QED) is 0.684. The number of amides is 1. The van der Waals surface area contributed by atoms with Crippen LogP contribution >= 0.6 is 0 Å². The van der Waals surface area contributed by atoms with Crippen molar-refractivity contribution in [2.45, 2.75) is 39.2 Å². The van der Waals surface area contributed by atoms with Crippen LogP contribution in [0, 0.1) is 5.92 Å². The molecule has 0 radical (unpaired) electrons. The topological polar surface area (TPSA) is 41.1 Å². The van der Waals surface area contributed by atoms with Gasteiger partial charge < -0.3 is 10.6 Å². The zero-order valence-corrected chi connectivity index (χ0v) is 8.60. The summed E-state index contributed by atoms with van der Waals surface area (Å²) in [6, 6.07) is 0.268. The minimum atomic E-state index is 0.198. The lowest BCUT2D eigenvalue weighted by molar-refractivity contribution is -0.122. The Morgan fingerprint density at radius 1 is 1.62 bits per heavy atom. The summed E-state index contributed by atoms with van der Waals surface area (Å²) in [7, 11) is 0. The fourth-order valence-electron chi connectivity index (χ4n) is 1.74. The summed E-state index contributed by atoms with van der Waals surface area (Å²) in [5.74, 6) is 0.746. The van der Waals surface area contributed by atoms with Crippen molar-refractivity contribution in [2.75, 3.05) is 13.1 Å². The molecular formula is C10H20N2O. The molecule has 76 valence electrons. The van der Waals surface area contributed by atoms with Gasteiger partial charge in [0.25, 0.3) is 0 Å². The molecule has 1 aliphatic rings. The number of hydrogen-bond donors (Lipinski definition) is 2. The molecule has 3 nitrogen and oxygen atoms in total. The average Bonchev–Trinajstić information content (AvgIpc) is 2.04. The number of carbonyl (C=O) groups is 1. The van der Waals surface area contributed by atoms with Crippen molar-refractivity contribution in [1.82, 2.24) is 10.6 Å². The molecule has 1 saturated heterocycles. The summed E-state index contributed by atoms with van der Waals surface area (Å²) >= 11 is 0. The van der Waals surface area contributed by atoms with Crippen LogP contribution in [0.15, 0.2) is 0 Å². The maximum atomic E-state index is 11.4. The zero-order valence-electron chi connectivity index (χ0n) is 8.60. The van der Waals surface area contributed by atoms with Gasteiger partial charge in [0.1, 0.15) is 0 Å². The van der Waals surface area contributed by atoms with E-state index in [1.54, 1.807) is 0 Å². The second-order valence-corrected chi connectivity index (χ2v) is 4.14. The Labute approximate surface area is 80.3 Å². The first-order valence-corrected chi connectivity index (χ1v) is 5.18. The predicted octanol–water partition coefficient (Wildman–Crippen LogP) is 0.901. The Balaban J connectivity index is 2.18. The van der Waals surface area contributed by atoms with Crippen LogP contribution < -0.4 is 10.6 Å². The van der Waals surface area contributed by atoms with Crippen LogP contribution in [0.1, 0.15) is 33.1 Å². The molecule has 1 amide bonds. The Kier molecular flexibility index (Phi) is 4.22. The van der Waals surface area contributed by atoms with Crippen LogP contribution in [-0.2, 0) is 4.79 Å². The van der Waals surface area contributed by atoms with Crippen molar-refractivity contribution >= 4 is 5.91 Å². The molecule has 0 aromatic carbocycles. The summed E-state index contributed by atoms with van der Waals surface area (Å²) in [4.78, 5) is 11.4. The van der Waals surface area contributed by atoms with Crippen molar-refractivity contribution in [3.63, 3.8) is 0 Å². The second kappa shape index (κ2) is 5.22. The molecule has 0 bridgehead atoms. The van der Waals surface area contributed by atoms with Crippen LogP contribution in [0.3, 0.4) is 0 Å². The number of rotatable bonds is 3. The summed E-state index contributed by atoms with van der Waals surface area (Å²) in [5.41, 5.74) is 0. The minimum absolute atomic E-state index is 0.198. The van der Waals surface area contributed by atoms with E-state index in [-0.39, 0.29) is 11.9 Å². The molecule has 0 aliphatic carbocycles. The highest BCUT2D eigenvalue weighted by Gasteiger charge is 2.16. The van der Waals surface area contributed by atoms with Crippen LogP contribution in [0.4, 0.5) is 0 Å². The number of piperidine rings is 1. The highest BCUT2D eigenvalue weighted by Crippen LogP contribution is 2.13. The minimum Gasteiger partial charge on any atom is -0.354 e. The molecule has 1 rings (SSSR count). The van der Waals surface area contributed by atoms with Crippen molar-refractivity contribution in [3.05, 3.63) is 0 Å². The lowest BCUT2D eigenvalue weighted by atomic mass is 9.96. The Morgan fingerprint density at radius 3 is 2.92 bits per heavy atom. The molecule has 0 spiro atoms. The van der Waals surface area contributed by atoms with E-state index in [1.807, 2.05) is 13.8 Å². The first-order valence-electron chi connectivity index (χ1n) is 5.18. The molecule has 1 atom stereocenters. The molecule has 3 heteroatoms. The molecule has 13 heavy (non-hydrogen) atoms. The molecule has 2 N–H and O–H groups in total. The van der Waals surface area contributed by atoms with E-state index in [9.17, 15) is 4.79 Å². The van der Waals surface area contributed by atoms with E-state index in [1.165, 1.54) is 12.8 Å². The Morgan fingerprint density at radius 2 is 2.38 bits per heavy atom. The molecule has 0 aromatic heterocycles. The molecular weight excluding hydrogens is 164 g/mol. The van der Waals surface area contributed by atoms with Crippen molar-refractivity contribution in [1.29, 1.82) is 0 Å². The van der Waals surface area contributed by atoms with Gasteiger partial charge in [-0.3, -0.25) is 4.79 Å². The average molecular weight is 184 g/mol. The SMILES string of the molecule is CC(C)NC(=O)C[C@H]1CCCNC1. The molecule has 0 aromatic rings. The van der Waals surface area contributed by atoms with Gasteiger partial charge in [0.05, 0.1) is 0 Å². The maximum absolute atomic E-state index is 11.4. The monoisotopic (exact) mass is 184 g/mol. The van der Waals surface area contributed by atoms with Gasteiger partial charge in [-0.1, -0.05) is 0 Å². The molecule has 1 heterocycles. The van der Waals surface area contributed by atoms with Gasteiger partial charge in [0, 0.05) is 12.5 Å². The fraction of sp³-hybridized carbons (Fsp3) is 0.900. The maximum Gasteiger partial charge on any atom is 0.220 e. The smallest absolute Gasteiger partial charge is 0.220 e. The van der Waals surface area contributed by atoms with Crippen molar-refractivity contribution < 1.29 is 4.79 Å². The highest BCUT2D eigenvalue weighted by atomic mass is 16.1. The molecule has 1 aliphatic heterocycles. The van der Waals surface area contributed by atoms with E-state index < -0.39 is 0 Å². The van der Waals surface area contributed by atoms with Crippen molar-refractivity contribution in [2.24, 2.45) is 5.92 Å². The Hall–Kier alpha value is -0.570. The van der Waals surface area contributed by atoms with Gasteiger partial charge in [-0.25, -0.2) is 0 Å². The van der Waals surface area contributed by atoms with Crippen LogP contribution in [0.25, 0.3) is 0 Å². The first kappa shape index (κ1) is 10.5. The third kappa shape index (κ3) is 4.27. The van der Waals surface area contributed by atoms with E-state index in [0.29, 0.717) is 12.3 Å². The third-order valence-electron chi connectivity index (χ3n) is 2.32. The van der Waals surface area contributed by atoms with Crippen LogP contribution in [0.5, 0.6) is 0 Å². The van der Waals surface area contributed by atoms with Gasteiger partial charge in [-0.15, -0.1) is 0 Å². The highest BCUT2D eigenvalue weighted by molar-refractivity contribution is 5.76. The van der Waals surface area contributed by atoms with Gasteiger partial charge in [-0.05, 0) is 45.7 Å². The lowest BCUT2D eigenvalue weighted by Crippen LogP contribution is -2.36. The number of hydrogen-bond acceptors (Lipinski definition) is 2. The lowest BCUT2D eigenvalue weighted by Gasteiger charge is -2.22. The Bertz CT molecular complexity index is 162. The molecule has 0 saturated carbocycles. The summed E-state index contributed by atoms with van der Waals surface area (Å²) in [6.07, 6.45) is 3.09. The zero-order chi connectivity index (χ0) is 9.68. The van der Waals surface area contributed by atoms with Gasteiger partial charge in [-0.2, -0.15) is 0 Å². The standard InChI is InChI=1S/C10H20N2O/c1-8(2)12-10(13)6-9-4-3-5-11-7-9/h8-9,11H,3-7H2,1-2H3,(H,12,13)/t9-/m1/s1. The normalized spacial score (nSPS) is 23.2. The summed E-state index contributed by atoms with van der Waals surface area (Å²) < 4.78 is 0. The fourth-order valence-corrected chi connectivity index (χ4v) is 1.74. The summed E-state index contributed by atoms with van der Waals surface area (Å²) in [5, 5.41) is 6.24. The number of nitrogens with one attached hydrogen (secondary N) is 2. The largest absolute Gasteiger partial charge is 0.354 e.